The fraction of sp³-hybridized carbons (Fsp3) is 0.0870. The maximum Gasteiger partial charge on any atom is 0.255 e. The van der Waals surface area contributed by atoms with Crippen LogP contribution in [0.2, 0.25) is 0 Å². The molecule has 0 aromatic heterocycles. The van der Waals surface area contributed by atoms with Crippen molar-refractivity contribution >= 4 is 39.3 Å². The van der Waals surface area contributed by atoms with Gasteiger partial charge >= 0.3 is 0 Å². The standard InChI is InChI=1S/C23H19BrN2O/c24-19-13-5-7-15-21(19)26-23(16-8-11-17-9-2-1-3-10-17)18-12-4-6-14-20(18)25-22(23)27/h1-15,26H,16H2,(H,25,27)/b11-8+. The molecule has 0 bridgehead atoms. The lowest BCUT2D eigenvalue weighted by Crippen LogP contribution is -2.41. The maximum absolute atomic E-state index is 13.1. The third-order valence-electron chi connectivity index (χ3n) is 4.78. The first-order valence-electron chi connectivity index (χ1n) is 8.84. The van der Waals surface area contributed by atoms with Gasteiger partial charge in [0.2, 0.25) is 0 Å². The van der Waals surface area contributed by atoms with Crippen molar-refractivity contribution in [2.24, 2.45) is 0 Å². The van der Waals surface area contributed by atoms with E-state index in [1.165, 1.54) is 0 Å². The van der Waals surface area contributed by atoms with E-state index in [0.717, 1.165) is 27.0 Å². The monoisotopic (exact) mass is 418 g/mol. The zero-order chi connectivity index (χ0) is 18.7. The minimum Gasteiger partial charge on any atom is -0.366 e. The molecule has 0 saturated heterocycles. The Morgan fingerprint density at radius 1 is 0.926 bits per heavy atom. The Bertz CT molecular complexity index is 1000. The average molecular weight is 419 g/mol. The van der Waals surface area contributed by atoms with Crippen molar-refractivity contribution in [2.45, 2.75) is 12.0 Å². The van der Waals surface area contributed by atoms with Crippen molar-refractivity contribution in [3.8, 4) is 0 Å². The van der Waals surface area contributed by atoms with Gasteiger partial charge in [-0.2, -0.15) is 0 Å². The Morgan fingerprint density at radius 3 is 2.44 bits per heavy atom. The highest BCUT2D eigenvalue weighted by Crippen LogP contribution is 2.42. The molecule has 134 valence electrons. The zero-order valence-electron chi connectivity index (χ0n) is 14.7. The summed E-state index contributed by atoms with van der Waals surface area (Å²) >= 11 is 3.58. The quantitative estimate of drug-likeness (QED) is 0.548. The second-order valence-corrected chi connectivity index (χ2v) is 7.38. The number of halogens is 1. The van der Waals surface area contributed by atoms with Crippen LogP contribution in [-0.4, -0.2) is 5.91 Å². The van der Waals surface area contributed by atoms with Crippen LogP contribution in [0.15, 0.2) is 89.4 Å². The summed E-state index contributed by atoms with van der Waals surface area (Å²) in [6.45, 7) is 0. The Kier molecular flexibility index (Phi) is 4.82. The van der Waals surface area contributed by atoms with Gasteiger partial charge in [-0.3, -0.25) is 4.79 Å². The second kappa shape index (κ2) is 7.41. The average Bonchev–Trinajstić information content (AvgIpc) is 2.96. The lowest BCUT2D eigenvalue weighted by atomic mass is 9.87. The molecule has 1 unspecified atom stereocenters. The Balaban J connectivity index is 1.73. The van der Waals surface area contributed by atoms with Gasteiger partial charge in [-0.05, 0) is 39.7 Å². The summed E-state index contributed by atoms with van der Waals surface area (Å²) < 4.78 is 0.925. The van der Waals surface area contributed by atoms with Gasteiger partial charge in [0.15, 0.2) is 0 Å². The van der Waals surface area contributed by atoms with Crippen molar-refractivity contribution in [1.29, 1.82) is 0 Å². The summed E-state index contributed by atoms with van der Waals surface area (Å²) in [5.41, 5.74) is 2.96. The molecule has 4 heteroatoms. The highest BCUT2D eigenvalue weighted by atomic mass is 79.9. The van der Waals surface area contributed by atoms with Crippen molar-refractivity contribution in [2.75, 3.05) is 10.6 Å². The van der Waals surface area contributed by atoms with Gasteiger partial charge < -0.3 is 10.6 Å². The summed E-state index contributed by atoms with van der Waals surface area (Å²) in [6, 6.07) is 25.8. The number of amides is 1. The topological polar surface area (TPSA) is 41.1 Å². The van der Waals surface area contributed by atoms with E-state index in [9.17, 15) is 4.79 Å². The van der Waals surface area contributed by atoms with Crippen molar-refractivity contribution in [1.82, 2.24) is 0 Å². The largest absolute Gasteiger partial charge is 0.366 e. The van der Waals surface area contributed by atoms with E-state index in [4.69, 9.17) is 0 Å². The van der Waals surface area contributed by atoms with Gasteiger partial charge in [-0.25, -0.2) is 0 Å². The summed E-state index contributed by atoms with van der Waals surface area (Å²) in [4.78, 5) is 13.1. The predicted octanol–water partition coefficient (Wildman–Crippen LogP) is 5.81. The molecule has 0 radical (unpaired) electrons. The van der Waals surface area contributed by atoms with Crippen molar-refractivity contribution in [3.05, 3.63) is 101 Å². The van der Waals surface area contributed by atoms with Gasteiger partial charge in [0.25, 0.3) is 5.91 Å². The molecule has 0 saturated carbocycles. The molecule has 3 aromatic rings. The molecule has 27 heavy (non-hydrogen) atoms. The van der Waals surface area contributed by atoms with Crippen molar-refractivity contribution < 1.29 is 4.79 Å². The molecule has 2 N–H and O–H groups in total. The van der Waals surface area contributed by atoms with Gasteiger partial charge in [0.1, 0.15) is 5.54 Å². The number of anilines is 2. The van der Waals surface area contributed by atoms with Gasteiger partial charge in [0, 0.05) is 27.8 Å². The number of carbonyl (C=O) groups is 1. The molecule has 1 aliphatic rings. The maximum atomic E-state index is 13.1. The van der Waals surface area contributed by atoms with Crippen LogP contribution in [0.4, 0.5) is 11.4 Å². The molecule has 1 atom stereocenters. The number of carbonyl (C=O) groups excluding carboxylic acids is 1. The molecule has 0 fully saturated rings. The van der Waals surface area contributed by atoms with E-state index in [1.807, 2.05) is 78.9 Å². The number of rotatable bonds is 5. The van der Waals surface area contributed by atoms with Crippen LogP contribution in [0.3, 0.4) is 0 Å². The molecule has 1 heterocycles. The minimum absolute atomic E-state index is 0.0443. The minimum atomic E-state index is -0.855. The van der Waals surface area contributed by atoms with Crippen LogP contribution in [0.1, 0.15) is 17.5 Å². The predicted molar refractivity (Wildman–Crippen MR) is 115 cm³/mol. The van der Waals surface area contributed by atoms with Crippen molar-refractivity contribution in [3.63, 3.8) is 0 Å². The van der Waals surface area contributed by atoms with E-state index in [2.05, 4.69) is 38.7 Å². The van der Waals surface area contributed by atoms with E-state index < -0.39 is 5.54 Å². The number of nitrogens with one attached hydrogen (secondary N) is 2. The Hall–Kier alpha value is -2.85. The van der Waals surface area contributed by atoms with Crippen LogP contribution < -0.4 is 10.6 Å². The lowest BCUT2D eigenvalue weighted by Gasteiger charge is -2.29. The SMILES string of the molecule is O=C1Nc2ccccc2C1(C/C=C/c1ccccc1)Nc1ccccc1Br. The second-order valence-electron chi connectivity index (χ2n) is 6.53. The highest BCUT2D eigenvalue weighted by Gasteiger charge is 2.46. The fourth-order valence-corrected chi connectivity index (χ4v) is 3.81. The summed E-state index contributed by atoms with van der Waals surface area (Å²) in [5, 5.41) is 6.53. The van der Waals surface area contributed by atoms with E-state index >= 15 is 0 Å². The molecule has 3 nitrogen and oxygen atoms in total. The molecular formula is C23H19BrN2O. The number of hydrogen-bond donors (Lipinski definition) is 2. The van der Waals surface area contributed by atoms with E-state index in [-0.39, 0.29) is 5.91 Å². The number of para-hydroxylation sites is 2. The Labute approximate surface area is 167 Å². The summed E-state index contributed by atoms with van der Waals surface area (Å²) in [6.07, 6.45) is 4.64. The first-order chi connectivity index (χ1) is 13.2. The van der Waals surface area contributed by atoms with Crippen LogP contribution in [0.5, 0.6) is 0 Å². The lowest BCUT2D eigenvalue weighted by molar-refractivity contribution is -0.119. The summed E-state index contributed by atoms with van der Waals surface area (Å²) in [7, 11) is 0. The molecule has 4 rings (SSSR count). The van der Waals surface area contributed by atoms with Crippen LogP contribution >= 0.6 is 15.9 Å². The molecule has 3 aromatic carbocycles. The van der Waals surface area contributed by atoms with Gasteiger partial charge in [-0.15, -0.1) is 0 Å². The molecule has 1 aliphatic heterocycles. The fourth-order valence-electron chi connectivity index (χ4n) is 3.42. The first-order valence-corrected chi connectivity index (χ1v) is 9.64. The molecule has 0 spiro atoms. The molecular weight excluding hydrogens is 400 g/mol. The molecule has 0 aliphatic carbocycles. The van der Waals surface area contributed by atoms with Crippen LogP contribution in [-0.2, 0) is 10.3 Å². The number of hydrogen-bond acceptors (Lipinski definition) is 2. The van der Waals surface area contributed by atoms with E-state index in [0.29, 0.717) is 6.42 Å². The smallest absolute Gasteiger partial charge is 0.255 e. The first kappa shape index (κ1) is 17.6. The highest BCUT2D eigenvalue weighted by molar-refractivity contribution is 9.10. The third-order valence-corrected chi connectivity index (χ3v) is 5.47. The van der Waals surface area contributed by atoms with Crippen LogP contribution in [0.25, 0.3) is 6.08 Å². The molecule has 1 amide bonds. The third kappa shape index (κ3) is 3.40. The van der Waals surface area contributed by atoms with Gasteiger partial charge in [0.05, 0.1) is 0 Å². The van der Waals surface area contributed by atoms with E-state index in [1.54, 1.807) is 0 Å². The zero-order valence-corrected chi connectivity index (χ0v) is 16.2. The van der Waals surface area contributed by atoms with Gasteiger partial charge in [-0.1, -0.05) is 72.8 Å². The van der Waals surface area contributed by atoms with Crippen LogP contribution in [0, 0.1) is 0 Å². The number of fused-ring (bicyclic) bond motifs is 1. The number of benzene rings is 3. The Morgan fingerprint density at radius 2 is 1.63 bits per heavy atom. The normalized spacial score (nSPS) is 18.3. The summed E-state index contributed by atoms with van der Waals surface area (Å²) in [5.74, 6) is -0.0443.